The first-order chi connectivity index (χ1) is 10.2. The first-order valence-electron chi connectivity index (χ1n) is 7.61. The summed E-state index contributed by atoms with van der Waals surface area (Å²) >= 11 is 0. The van der Waals surface area contributed by atoms with Gasteiger partial charge in [0.05, 0.1) is 7.11 Å². The van der Waals surface area contributed by atoms with Crippen LogP contribution in [0.4, 0.5) is 8.78 Å². The maximum Gasteiger partial charge on any atom is 0.190 e. The molecule has 3 nitrogen and oxygen atoms in total. The lowest BCUT2D eigenvalue weighted by Gasteiger charge is -2.24. The van der Waals surface area contributed by atoms with Gasteiger partial charge in [0.25, 0.3) is 0 Å². The first-order valence-corrected chi connectivity index (χ1v) is 7.61. The van der Waals surface area contributed by atoms with E-state index in [9.17, 15) is 8.78 Å². The van der Waals surface area contributed by atoms with E-state index < -0.39 is 11.6 Å². The van der Waals surface area contributed by atoms with Crippen molar-refractivity contribution in [2.24, 2.45) is 0 Å². The number of halogens is 2. The van der Waals surface area contributed by atoms with E-state index in [-0.39, 0.29) is 5.75 Å². The second-order valence-corrected chi connectivity index (χ2v) is 5.47. The van der Waals surface area contributed by atoms with Gasteiger partial charge in [0.1, 0.15) is 0 Å². The molecule has 0 aromatic heterocycles. The van der Waals surface area contributed by atoms with Gasteiger partial charge in [0.2, 0.25) is 0 Å². The van der Waals surface area contributed by atoms with Crippen molar-refractivity contribution >= 4 is 0 Å². The van der Waals surface area contributed by atoms with Crippen molar-refractivity contribution in [3.63, 3.8) is 0 Å². The molecule has 1 aromatic carbocycles. The maximum atomic E-state index is 14.2. The Bertz CT molecular complexity index is 462. The molecule has 1 aliphatic heterocycles. The fourth-order valence-corrected chi connectivity index (χ4v) is 2.76. The fraction of sp³-hybridized carbons (Fsp3) is 0.625. The number of rotatable bonds is 7. The molecule has 0 spiro atoms. The molecule has 0 amide bonds. The van der Waals surface area contributed by atoms with Crippen LogP contribution in [0, 0.1) is 11.6 Å². The van der Waals surface area contributed by atoms with E-state index in [0.29, 0.717) is 12.1 Å². The van der Waals surface area contributed by atoms with Crippen molar-refractivity contribution < 1.29 is 13.5 Å². The van der Waals surface area contributed by atoms with E-state index in [1.54, 1.807) is 0 Å². The molecule has 21 heavy (non-hydrogen) atoms. The third-order valence-corrected chi connectivity index (χ3v) is 4.11. The third-order valence-electron chi connectivity index (χ3n) is 4.11. The van der Waals surface area contributed by atoms with Crippen LogP contribution in [0.2, 0.25) is 0 Å². The number of likely N-dealkylation sites (tertiary alicyclic amines) is 1. The van der Waals surface area contributed by atoms with Crippen LogP contribution in [0.3, 0.4) is 0 Å². The third kappa shape index (κ3) is 4.14. The number of benzene rings is 1. The van der Waals surface area contributed by atoms with Crippen molar-refractivity contribution in [2.45, 2.75) is 26.3 Å². The van der Waals surface area contributed by atoms with Crippen LogP contribution in [0.25, 0.3) is 0 Å². The van der Waals surface area contributed by atoms with Crippen molar-refractivity contribution in [2.75, 3.05) is 39.8 Å². The zero-order valence-electron chi connectivity index (χ0n) is 12.9. The van der Waals surface area contributed by atoms with Crippen molar-refractivity contribution in [1.29, 1.82) is 0 Å². The Morgan fingerprint density at radius 1 is 1.24 bits per heavy atom. The van der Waals surface area contributed by atoms with Gasteiger partial charge >= 0.3 is 0 Å². The van der Waals surface area contributed by atoms with E-state index in [0.717, 1.165) is 32.7 Å². The minimum Gasteiger partial charge on any atom is -0.491 e. The Balaban J connectivity index is 1.97. The summed E-state index contributed by atoms with van der Waals surface area (Å²) in [5, 5.41) is 0. The Kier molecular flexibility index (Phi) is 5.94. The molecule has 2 rings (SSSR count). The van der Waals surface area contributed by atoms with Gasteiger partial charge in [-0.3, -0.25) is 4.90 Å². The highest BCUT2D eigenvalue weighted by molar-refractivity contribution is 5.32. The van der Waals surface area contributed by atoms with Gasteiger partial charge < -0.3 is 9.64 Å². The molecule has 0 unspecified atom stereocenters. The van der Waals surface area contributed by atoms with Crippen molar-refractivity contribution in [1.82, 2.24) is 9.80 Å². The normalized spacial score (nSPS) is 15.9. The summed E-state index contributed by atoms with van der Waals surface area (Å²) in [6, 6.07) is 2.78. The smallest absolute Gasteiger partial charge is 0.190 e. The zero-order chi connectivity index (χ0) is 15.2. The topological polar surface area (TPSA) is 15.7 Å². The minimum absolute atomic E-state index is 0.289. The standard InChI is InChI=1S/C16H24F2N2O/c1-3-19(10-11-20-8-4-5-9-20)12-13-6-7-14(17)16(21-2)15(13)18/h6-7H,3-5,8-12H2,1-2H3. The molecule has 0 aliphatic carbocycles. The van der Waals surface area contributed by atoms with Crippen LogP contribution in [0.1, 0.15) is 25.3 Å². The number of methoxy groups -OCH3 is 1. The zero-order valence-corrected chi connectivity index (χ0v) is 12.9. The second kappa shape index (κ2) is 7.71. The van der Waals surface area contributed by atoms with Crippen molar-refractivity contribution in [3.05, 3.63) is 29.3 Å². The first kappa shape index (κ1) is 16.2. The van der Waals surface area contributed by atoms with Gasteiger partial charge in [-0.25, -0.2) is 8.78 Å². The van der Waals surface area contributed by atoms with Gasteiger partial charge in [-0.05, 0) is 38.5 Å². The highest BCUT2D eigenvalue weighted by atomic mass is 19.1. The highest BCUT2D eigenvalue weighted by Crippen LogP contribution is 2.25. The van der Waals surface area contributed by atoms with Gasteiger partial charge in [-0.1, -0.05) is 13.0 Å². The summed E-state index contributed by atoms with van der Waals surface area (Å²) in [7, 11) is 1.29. The van der Waals surface area contributed by atoms with Crippen LogP contribution >= 0.6 is 0 Å². The molecule has 0 bridgehead atoms. The molecule has 1 aromatic rings. The SMILES string of the molecule is CCN(CCN1CCCC1)Cc1ccc(F)c(OC)c1F. The molecule has 0 N–H and O–H groups in total. The van der Waals surface area contributed by atoms with Crippen LogP contribution in [-0.2, 0) is 6.54 Å². The molecule has 5 heteroatoms. The molecule has 0 saturated carbocycles. The molecule has 1 saturated heterocycles. The van der Waals surface area contributed by atoms with Gasteiger partial charge in [-0.2, -0.15) is 0 Å². The number of ether oxygens (including phenoxy) is 1. The summed E-state index contributed by atoms with van der Waals surface area (Å²) in [4.78, 5) is 4.61. The molecule has 118 valence electrons. The predicted molar refractivity (Wildman–Crippen MR) is 79.5 cm³/mol. The largest absolute Gasteiger partial charge is 0.491 e. The summed E-state index contributed by atoms with van der Waals surface area (Å²) < 4.78 is 32.4. The lowest BCUT2D eigenvalue weighted by atomic mass is 10.1. The Hall–Kier alpha value is -1.20. The van der Waals surface area contributed by atoms with Gasteiger partial charge in [-0.15, -0.1) is 0 Å². The van der Waals surface area contributed by atoms with Gasteiger partial charge in [0.15, 0.2) is 17.4 Å². The Labute approximate surface area is 125 Å². The molecular formula is C16H24F2N2O. The van der Waals surface area contributed by atoms with Crippen LogP contribution in [0.5, 0.6) is 5.75 Å². The average molecular weight is 298 g/mol. The lowest BCUT2D eigenvalue weighted by Crippen LogP contribution is -2.33. The van der Waals surface area contributed by atoms with Crippen LogP contribution < -0.4 is 4.74 Å². The highest BCUT2D eigenvalue weighted by Gasteiger charge is 2.17. The summed E-state index contributed by atoms with van der Waals surface area (Å²) in [5.41, 5.74) is 0.483. The van der Waals surface area contributed by atoms with Crippen LogP contribution in [-0.4, -0.2) is 49.6 Å². The summed E-state index contributed by atoms with van der Waals surface area (Å²) in [6.07, 6.45) is 2.55. The molecule has 1 fully saturated rings. The van der Waals surface area contributed by atoms with Crippen LogP contribution in [0.15, 0.2) is 12.1 Å². The number of hydrogen-bond donors (Lipinski definition) is 0. The van der Waals surface area contributed by atoms with Crippen molar-refractivity contribution in [3.8, 4) is 5.75 Å². The Morgan fingerprint density at radius 2 is 1.95 bits per heavy atom. The molecule has 0 radical (unpaired) electrons. The average Bonchev–Trinajstić information content (AvgIpc) is 2.99. The van der Waals surface area contributed by atoms with E-state index in [4.69, 9.17) is 4.74 Å². The molecular weight excluding hydrogens is 274 g/mol. The Morgan fingerprint density at radius 3 is 2.57 bits per heavy atom. The van der Waals surface area contributed by atoms with E-state index in [2.05, 4.69) is 16.7 Å². The molecule has 0 atom stereocenters. The molecule has 1 aliphatic rings. The van der Waals surface area contributed by atoms with E-state index in [1.165, 1.54) is 32.1 Å². The lowest BCUT2D eigenvalue weighted by molar-refractivity contribution is 0.224. The quantitative estimate of drug-likeness (QED) is 0.770. The van der Waals surface area contributed by atoms with E-state index in [1.807, 2.05) is 0 Å². The maximum absolute atomic E-state index is 14.2. The summed E-state index contributed by atoms with van der Waals surface area (Å²) in [5.74, 6) is -1.53. The number of likely N-dealkylation sites (N-methyl/N-ethyl adjacent to an activating group) is 1. The fourth-order valence-electron chi connectivity index (χ4n) is 2.76. The monoisotopic (exact) mass is 298 g/mol. The van der Waals surface area contributed by atoms with E-state index >= 15 is 0 Å². The summed E-state index contributed by atoms with van der Waals surface area (Å²) in [6.45, 7) is 7.61. The second-order valence-electron chi connectivity index (χ2n) is 5.47. The molecule has 1 heterocycles. The number of nitrogens with zero attached hydrogens (tertiary/aromatic N) is 2. The number of hydrogen-bond acceptors (Lipinski definition) is 3. The minimum atomic E-state index is -0.654. The van der Waals surface area contributed by atoms with Gasteiger partial charge in [0, 0.05) is 25.2 Å². The predicted octanol–water partition coefficient (Wildman–Crippen LogP) is 2.89.